The average molecular weight is 278 g/mol. The minimum absolute atomic E-state index is 0.162. The van der Waals surface area contributed by atoms with E-state index >= 15 is 0 Å². The van der Waals surface area contributed by atoms with Crippen molar-refractivity contribution in [3.8, 4) is 0 Å². The number of nitrogens with zero attached hydrogens (tertiary/aromatic N) is 1. The molecule has 114 valence electrons. The summed E-state index contributed by atoms with van der Waals surface area (Å²) in [4.78, 5) is 15.2. The summed E-state index contributed by atoms with van der Waals surface area (Å²) in [5.74, 6) is 1.42. The van der Waals surface area contributed by atoms with Crippen molar-refractivity contribution in [1.82, 2.24) is 10.2 Å². The van der Waals surface area contributed by atoms with Crippen molar-refractivity contribution in [3.63, 3.8) is 0 Å². The van der Waals surface area contributed by atoms with Crippen LogP contribution in [-0.4, -0.2) is 36.5 Å². The van der Waals surface area contributed by atoms with E-state index in [1.807, 2.05) is 0 Å². The van der Waals surface area contributed by atoms with Crippen LogP contribution >= 0.6 is 0 Å². The molecule has 1 amide bonds. The fourth-order valence-corrected chi connectivity index (χ4v) is 4.04. The topological polar surface area (TPSA) is 32.3 Å². The number of carbonyl (C=O) groups excluding carboxylic acids is 1. The zero-order chi connectivity index (χ0) is 14.5. The van der Waals surface area contributed by atoms with Crippen LogP contribution < -0.4 is 5.32 Å². The fraction of sp³-hybridized carbons (Fsp3) is 0.941. The first kappa shape index (κ1) is 14.4. The fourth-order valence-electron chi connectivity index (χ4n) is 4.04. The van der Waals surface area contributed by atoms with Gasteiger partial charge < -0.3 is 10.2 Å². The molecule has 0 aromatic carbocycles. The lowest BCUT2D eigenvalue weighted by molar-refractivity contribution is -0.134. The first-order valence-electron chi connectivity index (χ1n) is 8.36. The Morgan fingerprint density at radius 3 is 2.20 bits per heavy atom. The standard InChI is InChI=1S/C17H30N2O/c1-16(2)14(17(16,3)4)15(20)19(10-12-7-8-12)11-13-6-5-9-18-13/h12-14,18H,5-11H2,1-4H3. The lowest BCUT2D eigenvalue weighted by Crippen LogP contribution is -2.43. The maximum atomic E-state index is 13.0. The largest absolute Gasteiger partial charge is 0.341 e. The average Bonchev–Trinajstić information content (AvgIpc) is 3.12. The lowest BCUT2D eigenvalue weighted by atomic mass is 10.0. The van der Waals surface area contributed by atoms with Gasteiger partial charge in [0.1, 0.15) is 0 Å². The summed E-state index contributed by atoms with van der Waals surface area (Å²) >= 11 is 0. The van der Waals surface area contributed by atoms with E-state index in [4.69, 9.17) is 0 Å². The molecule has 2 aliphatic carbocycles. The van der Waals surface area contributed by atoms with Crippen molar-refractivity contribution in [2.24, 2.45) is 22.7 Å². The molecule has 3 nitrogen and oxygen atoms in total. The molecule has 1 saturated heterocycles. The van der Waals surface area contributed by atoms with Gasteiger partial charge in [-0.05, 0) is 49.0 Å². The van der Waals surface area contributed by atoms with Gasteiger partial charge in [0.2, 0.25) is 5.91 Å². The summed E-state index contributed by atoms with van der Waals surface area (Å²) in [6, 6.07) is 0.530. The van der Waals surface area contributed by atoms with Gasteiger partial charge in [-0.2, -0.15) is 0 Å². The van der Waals surface area contributed by atoms with Gasteiger partial charge in [0.05, 0.1) is 0 Å². The van der Waals surface area contributed by atoms with Gasteiger partial charge in [0.25, 0.3) is 0 Å². The summed E-state index contributed by atoms with van der Waals surface area (Å²) in [5, 5.41) is 3.54. The predicted molar refractivity (Wildman–Crippen MR) is 81.4 cm³/mol. The van der Waals surface area contributed by atoms with E-state index in [-0.39, 0.29) is 16.7 Å². The maximum Gasteiger partial charge on any atom is 0.226 e. The number of amides is 1. The van der Waals surface area contributed by atoms with E-state index in [1.165, 1.54) is 25.7 Å². The van der Waals surface area contributed by atoms with E-state index in [9.17, 15) is 4.79 Å². The second kappa shape index (κ2) is 4.72. The Labute approximate surface area is 123 Å². The van der Waals surface area contributed by atoms with Crippen LogP contribution in [0.2, 0.25) is 0 Å². The van der Waals surface area contributed by atoms with Gasteiger partial charge in [0, 0.05) is 25.0 Å². The van der Waals surface area contributed by atoms with Crippen molar-refractivity contribution in [1.29, 1.82) is 0 Å². The Bertz CT molecular complexity index is 378. The first-order valence-corrected chi connectivity index (χ1v) is 8.36. The smallest absolute Gasteiger partial charge is 0.226 e. The Kier molecular flexibility index (Phi) is 3.39. The lowest BCUT2D eigenvalue weighted by Gasteiger charge is -2.27. The molecule has 3 heteroatoms. The molecule has 0 aromatic rings. The highest BCUT2D eigenvalue weighted by atomic mass is 16.2. The Morgan fingerprint density at radius 1 is 1.10 bits per heavy atom. The van der Waals surface area contributed by atoms with E-state index in [0.29, 0.717) is 11.9 Å². The van der Waals surface area contributed by atoms with Crippen LogP contribution in [0.25, 0.3) is 0 Å². The third-order valence-corrected chi connectivity index (χ3v) is 6.36. The molecule has 1 unspecified atom stereocenters. The van der Waals surface area contributed by atoms with Crippen LogP contribution in [0.15, 0.2) is 0 Å². The minimum atomic E-state index is 0.162. The number of carbonyl (C=O) groups is 1. The van der Waals surface area contributed by atoms with E-state index in [2.05, 4.69) is 37.9 Å². The molecule has 1 heterocycles. The van der Waals surface area contributed by atoms with E-state index < -0.39 is 0 Å². The molecule has 0 aromatic heterocycles. The second-order valence-electron chi connectivity index (χ2n) is 8.36. The maximum absolute atomic E-state index is 13.0. The highest BCUT2D eigenvalue weighted by Crippen LogP contribution is 2.68. The monoisotopic (exact) mass is 278 g/mol. The normalized spacial score (nSPS) is 31.3. The molecule has 3 aliphatic rings. The molecule has 0 spiro atoms. The molecule has 3 fully saturated rings. The molecule has 1 aliphatic heterocycles. The van der Waals surface area contributed by atoms with Crippen LogP contribution in [0.5, 0.6) is 0 Å². The highest BCUT2D eigenvalue weighted by molar-refractivity contribution is 5.84. The quantitative estimate of drug-likeness (QED) is 0.838. The Morgan fingerprint density at radius 2 is 1.75 bits per heavy atom. The van der Waals surface area contributed by atoms with Gasteiger partial charge in [0.15, 0.2) is 0 Å². The first-order chi connectivity index (χ1) is 9.34. The molecule has 2 saturated carbocycles. The number of hydrogen-bond donors (Lipinski definition) is 1. The van der Waals surface area contributed by atoms with Crippen molar-refractivity contribution in [2.45, 2.75) is 59.4 Å². The van der Waals surface area contributed by atoms with Crippen molar-refractivity contribution in [2.75, 3.05) is 19.6 Å². The summed E-state index contributed by atoms with van der Waals surface area (Å²) < 4.78 is 0. The Hall–Kier alpha value is -0.570. The zero-order valence-electron chi connectivity index (χ0n) is 13.5. The minimum Gasteiger partial charge on any atom is -0.341 e. The zero-order valence-corrected chi connectivity index (χ0v) is 13.5. The van der Waals surface area contributed by atoms with Gasteiger partial charge in [-0.3, -0.25) is 4.79 Å². The van der Waals surface area contributed by atoms with Crippen LogP contribution in [0.4, 0.5) is 0 Å². The summed E-state index contributed by atoms with van der Waals surface area (Å²) in [7, 11) is 0. The molecule has 1 N–H and O–H groups in total. The van der Waals surface area contributed by atoms with Crippen LogP contribution in [0, 0.1) is 22.7 Å². The second-order valence-corrected chi connectivity index (χ2v) is 8.36. The SMILES string of the molecule is CC1(C)C(C(=O)N(CC2CC2)CC2CCCN2)C1(C)C. The molecular formula is C17H30N2O. The summed E-state index contributed by atoms with van der Waals surface area (Å²) in [5.41, 5.74) is 0.323. The third kappa shape index (κ3) is 2.38. The van der Waals surface area contributed by atoms with Crippen LogP contribution in [0.3, 0.4) is 0 Å². The predicted octanol–water partition coefficient (Wildman–Crippen LogP) is 2.66. The highest BCUT2D eigenvalue weighted by Gasteiger charge is 2.68. The van der Waals surface area contributed by atoms with E-state index in [1.54, 1.807) is 0 Å². The Balaban J connectivity index is 1.66. The van der Waals surface area contributed by atoms with Gasteiger partial charge in [-0.15, -0.1) is 0 Å². The van der Waals surface area contributed by atoms with Crippen molar-refractivity contribution >= 4 is 5.91 Å². The molecule has 0 bridgehead atoms. The van der Waals surface area contributed by atoms with Crippen LogP contribution in [0.1, 0.15) is 53.4 Å². The van der Waals surface area contributed by atoms with Crippen LogP contribution in [-0.2, 0) is 4.79 Å². The molecule has 3 rings (SSSR count). The van der Waals surface area contributed by atoms with Crippen molar-refractivity contribution in [3.05, 3.63) is 0 Å². The molecular weight excluding hydrogens is 248 g/mol. The van der Waals surface area contributed by atoms with Gasteiger partial charge in [-0.1, -0.05) is 27.7 Å². The molecule has 20 heavy (non-hydrogen) atoms. The molecule has 0 radical (unpaired) electrons. The van der Waals surface area contributed by atoms with E-state index in [0.717, 1.165) is 25.6 Å². The van der Waals surface area contributed by atoms with Crippen molar-refractivity contribution < 1.29 is 4.79 Å². The third-order valence-electron chi connectivity index (χ3n) is 6.36. The number of nitrogens with one attached hydrogen (secondary N) is 1. The number of hydrogen-bond acceptors (Lipinski definition) is 2. The van der Waals surface area contributed by atoms with Gasteiger partial charge in [-0.25, -0.2) is 0 Å². The van der Waals surface area contributed by atoms with Gasteiger partial charge >= 0.3 is 0 Å². The molecule has 1 atom stereocenters. The number of rotatable bonds is 5. The summed E-state index contributed by atoms with van der Waals surface area (Å²) in [6.07, 6.45) is 5.13. The summed E-state index contributed by atoms with van der Waals surface area (Å²) in [6.45, 7) is 12.0.